The highest BCUT2D eigenvalue weighted by atomic mass is 16.6. The minimum Gasteiger partial charge on any atom is -0.504 e. The number of carboxylic acid groups (broad SMARTS) is 1. The van der Waals surface area contributed by atoms with Crippen molar-refractivity contribution in [1.29, 1.82) is 0 Å². The summed E-state index contributed by atoms with van der Waals surface area (Å²) in [5.74, 6) is -2.42. The SMILES string of the molecule is Cc1cc(O)c(=O)cc2c1C[C@H]1C[C@H](OC(=O)CCC(=O)O)[C@@]3(C)Oc4cc(=O)c(O)ccc4C[C@H]3CC(C)(C)/C=C/C[C@]1(C)O2. The van der Waals surface area contributed by atoms with Crippen LogP contribution in [0.1, 0.15) is 76.5 Å². The summed E-state index contributed by atoms with van der Waals surface area (Å²) in [6.45, 7) is 9.83. The number of allylic oxidation sites excluding steroid dienone is 1. The van der Waals surface area contributed by atoms with Crippen LogP contribution in [-0.2, 0) is 27.2 Å². The number of hydrogen-bond donors (Lipinski definition) is 3. The van der Waals surface area contributed by atoms with Gasteiger partial charge >= 0.3 is 11.9 Å². The Hall–Kier alpha value is -4.34. The fourth-order valence-electron chi connectivity index (χ4n) is 7.21. The molecule has 0 unspecified atom stereocenters. The third kappa shape index (κ3) is 6.62. The number of ether oxygens (including phenoxy) is 3. The van der Waals surface area contributed by atoms with E-state index in [0.29, 0.717) is 37.0 Å². The van der Waals surface area contributed by atoms with Crippen molar-refractivity contribution in [3.8, 4) is 23.0 Å². The van der Waals surface area contributed by atoms with Crippen molar-refractivity contribution < 1.29 is 39.1 Å². The molecule has 3 N–H and O–H groups in total. The van der Waals surface area contributed by atoms with Crippen LogP contribution in [0.2, 0.25) is 0 Å². The first-order valence-corrected chi connectivity index (χ1v) is 15.7. The third-order valence-electron chi connectivity index (χ3n) is 10.00. The van der Waals surface area contributed by atoms with E-state index in [1.165, 1.54) is 24.3 Å². The van der Waals surface area contributed by atoms with Crippen LogP contribution in [0.15, 0.2) is 52.1 Å². The summed E-state index contributed by atoms with van der Waals surface area (Å²) in [4.78, 5) is 49.8. The zero-order valence-electron chi connectivity index (χ0n) is 26.9. The maximum Gasteiger partial charge on any atom is 0.306 e. The van der Waals surface area contributed by atoms with Gasteiger partial charge in [-0.3, -0.25) is 19.2 Å². The number of carboxylic acids is 1. The first kappa shape index (κ1) is 33.0. The van der Waals surface area contributed by atoms with Crippen LogP contribution >= 0.6 is 0 Å². The van der Waals surface area contributed by atoms with E-state index >= 15 is 0 Å². The second kappa shape index (κ2) is 12.1. The summed E-state index contributed by atoms with van der Waals surface area (Å²) in [5, 5.41) is 29.7. The number of carbonyl (C=O) groups excluding carboxylic acids is 1. The second-order valence-corrected chi connectivity index (χ2v) is 14.1. The van der Waals surface area contributed by atoms with Gasteiger partial charge in [-0.05, 0) is 80.7 Å². The number of aromatic hydroxyl groups is 2. The Labute approximate surface area is 267 Å². The Morgan fingerprint density at radius 2 is 1.61 bits per heavy atom. The number of carbonyl (C=O) groups is 2. The molecule has 246 valence electrons. The van der Waals surface area contributed by atoms with E-state index in [4.69, 9.17) is 14.2 Å². The minimum absolute atomic E-state index is 0.225. The lowest BCUT2D eigenvalue weighted by molar-refractivity contribution is -0.175. The van der Waals surface area contributed by atoms with Crippen molar-refractivity contribution in [1.82, 2.24) is 0 Å². The quantitative estimate of drug-likeness (QED) is 0.309. The Bertz CT molecular complexity index is 1710. The topological polar surface area (TPSA) is 157 Å². The monoisotopic (exact) mass is 634 g/mol. The maximum atomic E-state index is 13.3. The molecule has 2 heterocycles. The molecular weight excluding hydrogens is 592 g/mol. The third-order valence-corrected chi connectivity index (χ3v) is 10.00. The van der Waals surface area contributed by atoms with Crippen molar-refractivity contribution in [2.24, 2.45) is 17.3 Å². The zero-order valence-corrected chi connectivity index (χ0v) is 26.9. The predicted molar refractivity (Wildman–Crippen MR) is 169 cm³/mol. The van der Waals surface area contributed by atoms with Gasteiger partial charge in [-0.2, -0.15) is 0 Å². The van der Waals surface area contributed by atoms with Gasteiger partial charge < -0.3 is 29.5 Å². The Kier molecular flexibility index (Phi) is 8.70. The fraction of sp³-hybridized carbons (Fsp3) is 0.500. The van der Waals surface area contributed by atoms with E-state index in [0.717, 1.165) is 11.1 Å². The second-order valence-electron chi connectivity index (χ2n) is 14.1. The Morgan fingerprint density at radius 3 is 2.33 bits per heavy atom. The van der Waals surface area contributed by atoms with Crippen LogP contribution in [0.4, 0.5) is 0 Å². The molecule has 10 heteroatoms. The molecule has 0 saturated heterocycles. The molecule has 0 fully saturated rings. The first-order chi connectivity index (χ1) is 21.5. The molecule has 2 aliphatic heterocycles. The average molecular weight is 635 g/mol. The molecule has 2 aromatic carbocycles. The van der Waals surface area contributed by atoms with E-state index in [2.05, 4.69) is 26.0 Å². The van der Waals surface area contributed by atoms with Crippen LogP contribution in [0, 0.1) is 24.2 Å². The number of aryl methyl sites for hydroxylation is 1. The van der Waals surface area contributed by atoms with Gasteiger partial charge in [0.15, 0.2) is 11.5 Å². The first-order valence-electron chi connectivity index (χ1n) is 15.7. The molecule has 10 nitrogen and oxygen atoms in total. The molecule has 5 atom stereocenters. The molecule has 0 bridgehead atoms. The standard InChI is InChI=1S/C36H42O10/c1-20-13-26(38)28(40)18-30-24(20)15-22-16-31(44-33(43)10-9-32(41)42)36(5)23(19-34(2,3)11-6-12-35(22,4)45-30)14-21-7-8-25(37)27(39)17-29(21)46-36/h6-8,11,13,17-18,22-23,31H,9-10,12,14-16,19H2,1-5H3,(H,37,39)(H,38,40)(H,41,42)/b11-6+/t22-,23-,31-,35-,36-/m0/s1. The molecule has 0 spiro atoms. The van der Waals surface area contributed by atoms with Gasteiger partial charge in [0, 0.05) is 30.4 Å². The lowest BCUT2D eigenvalue weighted by atomic mass is 9.68. The van der Waals surface area contributed by atoms with Gasteiger partial charge in [-0.25, -0.2) is 0 Å². The van der Waals surface area contributed by atoms with Crippen molar-refractivity contribution in [2.75, 3.05) is 0 Å². The molecule has 2 aromatic rings. The van der Waals surface area contributed by atoms with Gasteiger partial charge in [0.2, 0.25) is 10.9 Å². The summed E-state index contributed by atoms with van der Waals surface area (Å²) in [6, 6.07) is 7.04. The van der Waals surface area contributed by atoms with Crippen LogP contribution in [0.25, 0.3) is 0 Å². The summed E-state index contributed by atoms with van der Waals surface area (Å²) >= 11 is 0. The van der Waals surface area contributed by atoms with Crippen molar-refractivity contribution in [3.63, 3.8) is 0 Å². The van der Waals surface area contributed by atoms with Gasteiger partial charge in [0.1, 0.15) is 28.8 Å². The van der Waals surface area contributed by atoms with Crippen LogP contribution in [0.5, 0.6) is 23.0 Å². The lowest BCUT2D eigenvalue weighted by Gasteiger charge is -2.50. The fourth-order valence-corrected chi connectivity index (χ4v) is 7.21. The molecule has 0 saturated carbocycles. The summed E-state index contributed by atoms with van der Waals surface area (Å²) < 4.78 is 19.6. The highest BCUT2D eigenvalue weighted by Gasteiger charge is 2.53. The van der Waals surface area contributed by atoms with Gasteiger partial charge in [-0.1, -0.05) is 32.1 Å². The molecule has 0 aromatic heterocycles. The predicted octanol–water partition coefficient (Wildman–Crippen LogP) is 4.99. The minimum atomic E-state index is -1.17. The largest absolute Gasteiger partial charge is 0.504 e. The van der Waals surface area contributed by atoms with Crippen LogP contribution < -0.4 is 20.3 Å². The molecule has 46 heavy (non-hydrogen) atoms. The number of fused-ring (bicyclic) bond motifs is 4. The van der Waals surface area contributed by atoms with E-state index in [-0.39, 0.29) is 41.6 Å². The summed E-state index contributed by atoms with van der Waals surface area (Å²) in [7, 11) is 0. The number of rotatable bonds is 4. The van der Waals surface area contributed by atoms with Gasteiger partial charge in [0.25, 0.3) is 0 Å². The van der Waals surface area contributed by atoms with E-state index in [1.807, 2.05) is 13.8 Å². The summed E-state index contributed by atoms with van der Waals surface area (Å²) in [6.07, 6.45) is 4.87. The van der Waals surface area contributed by atoms with Crippen molar-refractivity contribution >= 4 is 11.9 Å². The van der Waals surface area contributed by atoms with Crippen molar-refractivity contribution in [3.05, 3.63) is 79.6 Å². The van der Waals surface area contributed by atoms with Crippen LogP contribution in [-0.4, -0.2) is 44.6 Å². The van der Waals surface area contributed by atoms with E-state index in [1.54, 1.807) is 13.0 Å². The zero-order chi connectivity index (χ0) is 33.6. The molecule has 3 aliphatic rings. The Morgan fingerprint density at radius 1 is 0.913 bits per heavy atom. The number of hydrogen-bond acceptors (Lipinski definition) is 9. The highest BCUT2D eigenvalue weighted by Crippen LogP contribution is 2.50. The highest BCUT2D eigenvalue weighted by molar-refractivity contribution is 5.76. The van der Waals surface area contributed by atoms with Gasteiger partial charge in [0.05, 0.1) is 12.8 Å². The smallest absolute Gasteiger partial charge is 0.306 e. The maximum absolute atomic E-state index is 13.3. The van der Waals surface area contributed by atoms with Crippen LogP contribution in [0.3, 0.4) is 0 Å². The molecular formula is C36H42O10. The van der Waals surface area contributed by atoms with Gasteiger partial charge in [-0.15, -0.1) is 0 Å². The summed E-state index contributed by atoms with van der Waals surface area (Å²) in [5.41, 5.74) is -1.37. The Balaban J connectivity index is 1.67. The molecule has 0 radical (unpaired) electrons. The average Bonchev–Trinajstić information content (AvgIpc) is 3.15. The molecule has 1 aliphatic carbocycles. The van der Waals surface area contributed by atoms with E-state index in [9.17, 15) is 34.5 Å². The van der Waals surface area contributed by atoms with E-state index < -0.39 is 52.3 Å². The molecule has 5 rings (SSSR count). The number of aliphatic carboxylic acids is 1. The number of esters is 1. The molecule has 0 amide bonds. The van der Waals surface area contributed by atoms with Crippen molar-refractivity contribution in [2.45, 2.75) is 96.9 Å². The lowest BCUT2D eigenvalue weighted by Crippen LogP contribution is -2.58. The normalized spacial score (nSPS) is 28.7.